The third-order valence-electron chi connectivity index (χ3n) is 3.75. The Bertz CT molecular complexity index is 566. The Kier molecular flexibility index (Phi) is 3.98. The molecule has 108 valence electrons. The lowest BCUT2D eigenvalue weighted by Crippen LogP contribution is -2.32. The molecule has 1 aromatic heterocycles. The van der Waals surface area contributed by atoms with E-state index in [2.05, 4.69) is 35.5 Å². The maximum absolute atomic E-state index is 6.08. The fourth-order valence-electron chi connectivity index (χ4n) is 2.68. The minimum absolute atomic E-state index is 0.249. The zero-order valence-electron chi connectivity index (χ0n) is 12.1. The van der Waals surface area contributed by atoms with Gasteiger partial charge in [-0.2, -0.15) is 0 Å². The molecular formula is C15H22N4O. The Morgan fingerprint density at radius 2 is 2.10 bits per heavy atom. The van der Waals surface area contributed by atoms with Crippen LogP contribution in [0.15, 0.2) is 24.3 Å². The number of ether oxygens (including phenoxy) is 1. The summed E-state index contributed by atoms with van der Waals surface area (Å²) in [5.41, 5.74) is 2.03. The lowest BCUT2D eigenvalue weighted by molar-refractivity contribution is 0.0337. The Labute approximate surface area is 119 Å². The Hall–Kier alpha value is -1.46. The molecule has 2 unspecified atom stereocenters. The van der Waals surface area contributed by atoms with Crippen molar-refractivity contribution in [1.82, 2.24) is 20.3 Å². The summed E-state index contributed by atoms with van der Waals surface area (Å²) in [6.45, 7) is 6.05. The first-order valence-electron chi connectivity index (χ1n) is 7.39. The SMILES string of the molecule is CC(C)NCC1CCC(Cn2nnc3ccccc32)O1. The monoisotopic (exact) mass is 274 g/mol. The summed E-state index contributed by atoms with van der Waals surface area (Å²) >= 11 is 0. The van der Waals surface area contributed by atoms with Crippen molar-refractivity contribution in [3.05, 3.63) is 24.3 Å². The summed E-state index contributed by atoms with van der Waals surface area (Å²) < 4.78 is 8.04. The molecular weight excluding hydrogens is 252 g/mol. The lowest BCUT2D eigenvalue weighted by Gasteiger charge is -2.16. The highest BCUT2D eigenvalue weighted by atomic mass is 16.5. The molecule has 3 rings (SSSR count). The number of hydrogen-bond donors (Lipinski definition) is 1. The average molecular weight is 274 g/mol. The van der Waals surface area contributed by atoms with E-state index in [9.17, 15) is 0 Å². The number of rotatable bonds is 5. The van der Waals surface area contributed by atoms with Gasteiger partial charge in [0.2, 0.25) is 0 Å². The van der Waals surface area contributed by atoms with E-state index < -0.39 is 0 Å². The predicted molar refractivity (Wildman–Crippen MR) is 78.6 cm³/mol. The molecule has 0 amide bonds. The van der Waals surface area contributed by atoms with Crippen LogP contribution in [0.25, 0.3) is 11.0 Å². The van der Waals surface area contributed by atoms with Crippen LogP contribution < -0.4 is 5.32 Å². The van der Waals surface area contributed by atoms with Crippen molar-refractivity contribution in [2.75, 3.05) is 6.54 Å². The lowest BCUT2D eigenvalue weighted by atomic mass is 10.2. The molecule has 1 saturated heterocycles. The Morgan fingerprint density at radius 3 is 2.95 bits per heavy atom. The number of fused-ring (bicyclic) bond motifs is 1. The summed E-state index contributed by atoms with van der Waals surface area (Å²) in [4.78, 5) is 0. The van der Waals surface area contributed by atoms with Crippen molar-refractivity contribution in [2.24, 2.45) is 0 Å². The highest BCUT2D eigenvalue weighted by Gasteiger charge is 2.26. The zero-order chi connectivity index (χ0) is 13.9. The molecule has 2 aromatic rings. The molecule has 0 spiro atoms. The maximum atomic E-state index is 6.08. The van der Waals surface area contributed by atoms with E-state index in [1.54, 1.807) is 0 Å². The van der Waals surface area contributed by atoms with E-state index in [4.69, 9.17) is 4.74 Å². The minimum Gasteiger partial charge on any atom is -0.372 e. The summed E-state index contributed by atoms with van der Waals surface area (Å²) in [5, 5.41) is 11.9. The van der Waals surface area contributed by atoms with Gasteiger partial charge in [0, 0.05) is 12.6 Å². The number of nitrogens with zero attached hydrogens (tertiary/aromatic N) is 3. The van der Waals surface area contributed by atoms with Crippen molar-refractivity contribution in [1.29, 1.82) is 0 Å². The van der Waals surface area contributed by atoms with Crippen LogP contribution in [-0.4, -0.2) is 39.8 Å². The first-order chi connectivity index (χ1) is 9.72. The van der Waals surface area contributed by atoms with Crippen molar-refractivity contribution < 1.29 is 4.74 Å². The molecule has 1 aliphatic heterocycles. The van der Waals surface area contributed by atoms with Gasteiger partial charge in [0.25, 0.3) is 0 Å². The standard InChI is InChI=1S/C15H22N4O/c1-11(2)16-9-12-7-8-13(20-12)10-19-15-6-4-3-5-14(15)17-18-19/h3-6,11-13,16H,7-10H2,1-2H3. The molecule has 1 fully saturated rings. The highest BCUT2D eigenvalue weighted by molar-refractivity contribution is 5.73. The van der Waals surface area contributed by atoms with Gasteiger partial charge in [0.05, 0.1) is 24.3 Å². The van der Waals surface area contributed by atoms with Gasteiger partial charge >= 0.3 is 0 Å². The third kappa shape index (κ3) is 2.99. The Balaban J connectivity index is 1.59. The summed E-state index contributed by atoms with van der Waals surface area (Å²) in [6.07, 6.45) is 2.80. The second kappa shape index (κ2) is 5.89. The van der Waals surface area contributed by atoms with Crippen LogP contribution >= 0.6 is 0 Å². The summed E-state index contributed by atoms with van der Waals surface area (Å²) in [5.74, 6) is 0. The van der Waals surface area contributed by atoms with Gasteiger partial charge in [0.15, 0.2) is 0 Å². The predicted octanol–water partition coefficient (Wildman–Crippen LogP) is 1.98. The van der Waals surface area contributed by atoms with E-state index in [1.807, 2.05) is 22.9 Å². The zero-order valence-corrected chi connectivity index (χ0v) is 12.1. The fraction of sp³-hybridized carbons (Fsp3) is 0.600. The molecule has 0 aliphatic carbocycles. The first-order valence-corrected chi connectivity index (χ1v) is 7.39. The number of aromatic nitrogens is 3. The van der Waals surface area contributed by atoms with Crippen LogP contribution in [0.1, 0.15) is 26.7 Å². The third-order valence-corrected chi connectivity index (χ3v) is 3.75. The molecule has 0 saturated carbocycles. The quantitative estimate of drug-likeness (QED) is 0.906. The number of nitrogens with one attached hydrogen (secondary N) is 1. The van der Waals surface area contributed by atoms with Gasteiger partial charge in [-0.15, -0.1) is 5.10 Å². The second-order valence-corrected chi connectivity index (χ2v) is 5.78. The van der Waals surface area contributed by atoms with Crippen LogP contribution in [0.2, 0.25) is 0 Å². The number of hydrogen-bond acceptors (Lipinski definition) is 4. The number of para-hydroxylation sites is 1. The van der Waals surface area contributed by atoms with Crippen LogP contribution in [-0.2, 0) is 11.3 Å². The van der Waals surface area contributed by atoms with Crippen molar-refractivity contribution in [3.63, 3.8) is 0 Å². The first kappa shape index (κ1) is 13.5. The molecule has 0 bridgehead atoms. The van der Waals surface area contributed by atoms with Crippen LogP contribution in [0.4, 0.5) is 0 Å². The molecule has 2 atom stereocenters. The smallest absolute Gasteiger partial charge is 0.113 e. The van der Waals surface area contributed by atoms with Crippen LogP contribution in [0.5, 0.6) is 0 Å². The van der Waals surface area contributed by atoms with Crippen molar-refractivity contribution in [2.45, 2.75) is 51.5 Å². The largest absolute Gasteiger partial charge is 0.372 e. The van der Waals surface area contributed by atoms with Crippen molar-refractivity contribution >= 4 is 11.0 Å². The molecule has 1 aliphatic rings. The van der Waals surface area contributed by atoms with Gasteiger partial charge in [-0.05, 0) is 25.0 Å². The van der Waals surface area contributed by atoms with Gasteiger partial charge in [-0.25, -0.2) is 4.68 Å². The van der Waals surface area contributed by atoms with Crippen molar-refractivity contribution in [3.8, 4) is 0 Å². The Morgan fingerprint density at radius 1 is 1.30 bits per heavy atom. The molecule has 5 nitrogen and oxygen atoms in total. The van der Waals surface area contributed by atoms with Crippen LogP contribution in [0, 0.1) is 0 Å². The van der Waals surface area contributed by atoms with E-state index >= 15 is 0 Å². The molecule has 5 heteroatoms. The number of benzene rings is 1. The second-order valence-electron chi connectivity index (χ2n) is 5.78. The maximum Gasteiger partial charge on any atom is 0.113 e. The molecule has 20 heavy (non-hydrogen) atoms. The van der Waals surface area contributed by atoms with Gasteiger partial charge < -0.3 is 10.1 Å². The highest BCUT2D eigenvalue weighted by Crippen LogP contribution is 2.22. The molecule has 1 aromatic carbocycles. The van der Waals surface area contributed by atoms with E-state index in [0.29, 0.717) is 12.1 Å². The molecule has 0 radical (unpaired) electrons. The van der Waals surface area contributed by atoms with Gasteiger partial charge in [0.1, 0.15) is 5.52 Å². The summed E-state index contributed by atoms with van der Waals surface area (Å²) in [7, 11) is 0. The van der Waals surface area contributed by atoms with Crippen LogP contribution in [0.3, 0.4) is 0 Å². The van der Waals surface area contributed by atoms with E-state index in [0.717, 1.165) is 37.0 Å². The molecule has 2 heterocycles. The fourth-order valence-corrected chi connectivity index (χ4v) is 2.68. The molecule has 1 N–H and O–H groups in total. The van der Waals surface area contributed by atoms with Gasteiger partial charge in [-0.1, -0.05) is 31.2 Å². The van der Waals surface area contributed by atoms with Gasteiger partial charge in [-0.3, -0.25) is 0 Å². The minimum atomic E-state index is 0.249. The normalized spacial score (nSPS) is 22.9. The summed E-state index contributed by atoms with van der Waals surface area (Å²) in [6, 6.07) is 8.57. The average Bonchev–Trinajstić information content (AvgIpc) is 3.05. The topological polar surface area (TPSA) is 52.0 Å². The van der Waals surface area contributed by atoms with E-state index in [-0.39, 0.29) is 6.10 Å². The van der Waals surface area contributed by atoms with E-state index in [1.165, 1.54) is 0 Å².